The van der Waals surface area contributed by atoms with Gasteiger partial charge in [0.2, 0.25) is 0 Å². The first-order valence-corrected chi connectivity index (χ1v) is 6.35. The number of hydrogen-bond acceptors (Lipinski definition) is 4. The highest BCUT2D eigenvalue weighted by molar-refractivity contribution is 7.06. The average Bonchev–Trinajstić information content (AvgIpc) is 2.66. The summed E-state index contributed by atoms with van der Waals surface area (Å²) >= 11 is 1.53. The fraction of sp³-hybridized carbons (Fsp3) is 0.333. The van der Waals surface area contributed by atoms with Crippen molar-refractivity contribution in [2.24, 2.45) is 0 Å². The Kier molecular flexibility index (Phi) is 2.58. The van der Waals surface area contributed by atoms with Gasteiger partial charge in [-0.2, -0.15) is 0 Å². The Morgan fingerprint density at radius 2 is 2.00 bits per heavy atom. The quantitative estimate of drug-likeness (QED) is 0.877. The molecular weight excluding hydrogens is 218 g/mol. The summed E-state index contributed by atoms with van der Waals surface area (Å²) < 4.78 is 4.05. The van der Waals surface area contributed by atoms with E-state index in [4.69, 9.17) is 0 Å². The van der Waals surface area contributed by atoms with Crippen LogP contribution in [0.3, 0.4) is 0 Å². The van der Waals surface area contributed by atoms with E-state index in [0.717, 1.165) is 11.5 Å². The Bertz CT molecular complexity index is 462. The van der Waals surface area contributed by atoms with E-state index in [9.17, 15) is 0 Å². The molecule has 3 rings (SSSR count). The fourth-order valence-corrected chi connectivity index (χ4v) is 2.65. The largest absolute Gasteiger partial charge is 0.338 e. The lowest BCUT2D eigenvalue weighted by Crippen LogP contribution is -2.09. The molecule has 0 aliphatic heterocycles. The van der Waals surface area contributed by atoms with Gasteiger partial charge in [0.1, 0.15) is 0 Å². The van der Waals surface area contributed by atoms with Gasteiger partial charge in [0.05, 0.1) is 4.88 Å². The summed E-state index contributed by atoms with van der Waals surface area (Å²) in [5.41, 5.74) is 1.08. The van der Waals surface area contributed by atoms with Gasteiger partial charge < -0.3 is 5.32 Å². The van der Waals surface area contributed by atoms with Crippen LogP contribution in [-0.4, -0.2) is 9.59 Å². The Labute approximate surface area is 98.7 Å². The molecule has 1 aliphatic carbocycles. The number of hydrogen-bond donors (Lipinski definition) is 1. The molecule has 0 amide bonds. The highest BCUT2D eigenvalue weighted by Crippen LogP contribution is 2.41. The highest BCUT2D eigenvalue weighted by Gasteiger charge is 2.25. The number of aromatic nitrogens is 2. The van der Waals surface area contributed by atoms with Crippen LogP contribution in [0.4, 0.5) is 11.5 Å². The second-order valence-electron chi connectivity index (χ2n) is 4.10. The lowest BCUT2D eigenvalue weighted by atomic mass is 9.84. The summed E-state index contributed by atoms with van der Waals surface area (Å²) in [5.74, 6) is 1.63. The van der Waals surface area contributed by atoms with E-state index in [2.05, 4.69) is 14.9 Å². The van der Waals surface area contributed by atoms with E-state index < -0.39 is 0 Å². The number of nitrogens with zero attached hydrogens (tertiary/aromatic N) is 2. The minimum atomic E-state index is 0.686. The Hall–Kier alpha value is -1.42. The van der Waals surface area contributed by atoms with Gasteiger partial charge in [-0.3, -0.25) is 0 Å². The molecule has 82 valence electrons. The highest BCUT2D eigenvalue weighted by atomic mass is 32.1. The first-order valence-electron chi connectivity index (χ1n) is 5.58. The number of para-hydroxylation sites is 1. The predicted octanol–water partition coefficient (Wildman–Crippen LogP) is 3.55. The van der Waals surface area contributed by atoms with Gasteiger partial charge in [-0.25, -0.2) is 0 Å². The van der Waals surface area contributed by atoms with Gasteiger partial charge in [-0.15, -0.1) is 5.10 Å². The Morgan fingerprint density at radius 1 is 1.19 bits per heavy atom. The molecule has 1 aliphatic rings. The summed E-state index contributed by atoms with van der Waals surface area (Å²) in [6.07, 6.45) is 3.91. The van der Waals surface area contributed by atoms with Crippen molar-refractivity contribution >= 4 is 23.0 Å². The molecule has 16 heavy (non-hydrogen) atoms. The van der Waals surface area contributed by atoms with Crippen LogP contribution in [0, 0.1) is 0 Å². The summed E-state index contributed by atoms with van der Waals surface area (Å²) in [5, 5.41) is 7.51. The van der Waals surface area contributed by atoms with Crippen LogP contribution in [0.2, 0.25) is 0 Å². The number of rotatable bonds is 3. The van der Waals surface area contributed by atoms with Crippen molar-refractivity contribution in [1.29, 1.82) is 0 Å². The maximum absolute atomic E-state index is 4.17. The van der Waals surface area contributed by atoms with Crippen LogP contribution >= 0.6 is 11.5 Å². The summed E-state index contributed by atoms with van der Waals surface area (Å²) in [6, 6.07) is 10.1. The zero-order valence-electron chi connectivity index (χ0n) is 8.89. The molecule has 0 saturated heterocycles. The third-order valence-corrected chi connectivity index (χ3v) is 3.91. The molecule has 1 saturated carbocycles. The standard InChI is InChI=1S/C12H13N3S/c1-2-7-10(8-3-1)13-12-11(16-15-14-12)9-5-4-6-9/h1-3,7-9,13H,4-6H2. The van der Waals surface area contributed by atoms with Crippen LogP contribution in [0.15, 0.2) is 30.3 Å². The molecular formula is C12H13N3S. The van der Waals surface area contributed by atoms with Crippen molar-refractivity contribution < 1.29 is 0 Å². The van der Waals surface area contributed by atoms with Gasteiger partial charge in [-0.05, 0) is 42.4 Å². The maximum Gasteiger partial charge on any atom is 0.169 e. The molecule has 0 atom stereocenters. The molecule has 0 radical (unpaired) electrons. The Balaban J connectivity index is 1.82. The molecule has 4 heteroatoms. The normalized spacial score (nSPS) is 15.8. The molecule has 1 N–H and O–H groups in total. The maximum atomic E-state index is 4.17. The van der Waals surface area contributed by atoms with Crippen LogP contribution in [0.5, 0.6) is 0 Å². The minimum absolute atomic E-state index is 0.686. The van der Waals surface area contributed by atoms with Gasteiger partial charge in [-0.1, -0.05) is 29.1 Å². The molecule has 0 bridgehead atoms. The summed E-state index contributed by atoms with van der Waals surface area (Å²) in [6.45, 7) is 0. The molecule has 1 aromatic heterocycles. The molecule has 1 heterocycles. The van der Waals surface area contributed by atoms with E-state index in [0.29, 0.717) is 5.92 Å². The summed E-state index contributed by atoms with van der Waals surface area (Å²) in [7, 11) is 0. The average molecular weight is 231 g/mol. The van der Waals surface area contributed by atoms with Crippen LogP contribution in [0.1, 0.15) is 30.1 Å². The van der Waals surface area contributed by atoms with Crippen molar-refractivity contribution in [3.8, 4) is 0 Å². The van der Waals surface area contributed by atoms with Gasteiger partial charge in [0.15, 0.2) is 5.82 Å². The lowest BCUT2D eigenvalue weighted by molar-refractivity contribution is 0.426. The third-order valence-electron chi connectivity index (χ3n) is 3.03. The van der Waals surface area contributed by atoms with Crippen LogP contribution in [-0.2, 0) is 0 Å². The number of benzene rings is 1. The van der Waals surface area contributed by atoms with Crippen LogP contribution < -0.4 is 5.32 Å². The van der Waals surface area contributed by atoms with E-state index in [1.54, 1.807) is 0 Å². The molecule has 3 nitrogen and oxygen atoms in total. The smallest absolute Gasteiger partial charge is 0.169 e. The van der Waals surface area contributed by atoms with Crippen molar-refractivity contribution in [2.45, 2.75) is 25.2 Å². The topological polar surface area (TPSA) is 37.8 Å². The van der Waals surface area contributed by atoms with Crippen molar-refractivity contribution in [2.75, 3.05) is 5.32 Å². The number of nitrogens with one attached hydrogen (secondary N) is 1. The second kappa shape index (κ2) is 4.22. The molecule has 1 aromatic carbocycles. The third kappa shape index (κ3) is 1.80. The fourth-order valence-electron chi connectivity index (χ4n) is 1.88. The van der Waals surface area contributed by atoms with E-state index >= 15 is 0 Å². The lowest BCUT2D eigenvalue weighted by Gasteiger charge is -2.24. The SMILES string of the molecule is c1ccc(Nc2nnsc2C2CCC2)cc1. The Morgan fingerprint density at radius 3 is 2.69 bits per heavy atom. The van der Waals surface area contributed by atoms with E-state index in [1.165, 1.54) is 35.7 Å². The van der Waals surface area contributed by atoms with Gasteiger partial charge >= 0.3 is 0 Å². The zero-order valence-corrected chi connectivity index (χ0v) is 9.70. The van der Waals surface area contributed by atoms with Gasteiger partial charge in [0.25, 0.3) is 0 Å². The first-order chi connectivity index (χ1) is 7.93. The van der Waals surface area contributed by atoms with Crippen LogP contribution in [0.25, 0.3) is 0 Å². The van der Waals surface area contributed by atoms with Crippen molar-refractivity contribution in [3.05, 3.63) is 35.2 Å². The van der Waals surface area contributed by atoms with Crippen molar-refractivity contribution in [3.63, 3.8) is 0 Å². The molecule has 1 fully saturated rings. The predicted molar refractivity (Wildman–Crippen MR) is 66.2 cm³/mol. The first kappa shape index (κ1) is 9.78. The zero-order chi connectivity index (χ0) is 10.8. The minimum Gasteiger partial charge on any atom is -0.338 e. The molecule has 0 spiro atoms. The molecule has 2 aromatic rings. The van der Waals surface area contributed by atoms with E-state index in [-0.39, 0.29) is 0 Å². The van der Waals surface area contributed by atoms with E-state index in [1.807, 2.05) is 30.3 Å². The summed E-state index contributed by atoms with van der Waals surface area (Å²) in [4.78, 5) is 1.31. The molecule has 0 unspecified atom stereocenters. The second-order valence-corrected chi connectivity index (χ2v) is 4.89. The monoisotopic (exact) mass is 231 g/mol. The number of anilines is 2. The van der Waals surface area contributed by atoms with Crippen molar-refractivity contribution in [1.82, 2.24) is 9.59 Å². The van der Waals surface area contributed by atoms with Gasteiger partial charge in [0, 0.05) is 5.69 Å².